The molecule has 0 spiro atoms. The van der Waals surface area contributed by atoms with Crippen molar-refractivity contribution in [3.63, 3.8) is 0 Å². The fourth-order valence-electron chi connectivity index (χ4n) is 2.38. The van der Waals surface area contributed by atoms with E-state index in [4.69, 9.17) is 23.8 Å². The van der Waals surface area contributed by atoms with Gasteiger partial charge in [-0.05, 0) is 37.3 Å². The monoisotopic (exact) mass is 375 g/mol. The number of hydrogen-bond acceptors (Lipinski definition) is 4. The number of amides is 1. The van der Waals surface area contributed by atoms with Gasteiger partial charge < -0.3 is 5.32 Å². The van der Waals surface area contributed by atoms with Crippen molar-refractivity contribution in [3.8, 4) is 0 Å². The number of anilines is 1. The zero-order valence-corrected chi connectivity index (χ0v) is 15.4. The molecule has 1 atom stereocenters. The number of rotatable bonds is 5. The molecule has 1 aliphatic heterocycles. The average Bonchev–Trinajstić information content (AvgIpc) is 2.74. The summed E-state index contributed by atoms with van der Waals surface area (Å²) in [6.45, 7) is 5.86. The van der Waals surface area contributed by atoms with Crippen molar-refractivity contribution >= 4 is 50.5 Å². The number of halogens is 1. The molecule has 126 valence electrons. The number of carbonyl (C=O) groups is 1. The summed E-state index contributed by atoms with van der Waals surface area (Å²) >= 11 is 11.2. The Kier molecular flexibility index (Phi) is 5.30. The zero-order valence-electron chi connectivity index (χ0n) is 13.0. The minimum Gasteiger partial charge on any atom is -0.350 e. The Bertz CT molecular complexity index is 748. The highest BCUT2D eigenvalue weighted by Crippen LogP contribution is 2.30. The molecule has 1 fully saturated rings. The fourth-order valence-corrected chi connectivity index (χ4v) is 4.71. The molecular weight excluding hydrogens is 358 g/mol. The van der Waals surface area contributed by atoms with Gasteiger partial charge in [-0.1, -0.05) is 25.4 Å². The van der Waals surface area contributed by atoms with E-state index in [-0.39, 0.29) is 20.9 Å². The summed E-state index contributed by atoms with van der Waals surface area (Å²) in [6, 6.07) is 3.99. The summed E-state index contributed by atoms with van der Waals surface area (Å²) < 4.78 is 26.7. The Labute approximate surface area is 146 Å². The molecule has 1 aromatic carbocycles. The Morgan fingerprint density at radius 2 is 1.96 bits per heavy atom. The van der Waals surface area contributed by atoms with E-state index in [0.29, 0.717) is 18.8 Å². The van der Waals surface area contributed by atoms with Gasteiger partial charge in [0.1, 0.15) is 10.9 Å². The molecule has 1 heterocycles. The van der Waals surface area contributed by atoms with E-state index in [9.17, 15) is 13.2 Å². The van der Waals surface area contributed by atoms with E-state index < -0.39 is 16.1 Å². The second-order valence-electron chi connectivity index (χ2n) is 5.05. The van der Waals surface area contributed by atoms with Crippen LogP contribution in [0.15, 0.2) is 23.1 Å². The first kappa shape index (κ1) is 18.1. The molecule has 1 unspecified atom stereocenters. The van der Waals surface area contributed by atoms with Crippen molar-refractivity contribution in [2.24, 2.45) is 0 Å². The molecular formula is C14H18ClN3O3S2. The SMILES string of the molecule is CCN(CC)S(=O)(=O)c1cc(N2C(=O)C(C)NC2=S)ccc1Cl. The van der Waals surface area contributed by atoms with E-state index in [1.807, 2.05) is 0 Å². The second kappa shape index (κ2) is 6.72. The zero-order chi connectivity index (χ0) is 17.4. The second-order valence-corrected chi connectivity index (χ2v) is 7.75. The number of hydrogen-bond donors (Lipinski definition) is 1. The third-order valence-electron chi connectivity index (χ3n) is 3.63. The van der Waals surface area contributed by atoms with Crippen molar-refractivity contribution < 1.29 is 13.2 Å². The van der Waals surface area contributed by atoms with E-state index in [1.54, 1.807) is 26.8 Å². The van der Waals surface area contributed by atoms with Crippen LogP contribution in [0.3, 0.4) is 0 Å². The molecule has 0 saturated carbocycles. The number of nitrogens with zero attached hydrogens (tertiary/aromatic N) is 2. The Balaban J connectivity index is 2.53. The number of carbonyl (C=O) groups excluding carboxylic acids is 1. The number of benzene rings is 1. The van der Waals surface area contributed by atoms with Gasteiger partial charge in [-0.2, -0.15) is 4.31 Å². The van der Waals surface area contributed by atoms with Crippen LogP contribution in [-0.2, 0) is 14.8 Å². The molecule has 9 heteroatoms. The van der Waals surface area contributed by atoms with Crippen molar-refractivity contribution in [1.29, 1.82) is 0 Å². The predicted octanol–water partition coefficient (Wildman–Crippen LogP) is 1.98. The van der Waals surface area contributed by atoms with Crippen LogP contribution >= 0.6 is 23.8 Å². The van der Waals surface area contributed by atoms with E-state index in [0.717, 1.165) is 0 Å². The van der Waals surface area contributed by atoms with Gasteiger partial charge in [-0.25, -0.2) is 8.42 Å². The summed E-state index contributed by atoms with van der Waals surface area (Å²) in [6.07, 6.45) is 0. The van der Waals surface area contributed by atoms with E-state index in [1.165, 1.54) is 21.3 Å². The fraction of sp³-hybridized carbons (Fsp3) is 0.429. The molecule has 1 saturated heterocycles. The van der Waals surface area contributed by atoms with Gasteiger partial charge >= 0.3 is 0 Å². The smallest absolute Gasteiger partial charge is 0.255 e. The molecule has 0 radical (unpaired) electrons. The molecule has 0 bridgehead atoms. The summed E-state index contributed by atoms with van der Waals surface area (Å²) in [5.74, 6) is -0.233. The normalized spacial score (nSPS) is 18.7. The van der Waals surface area contributed by atoms with E-state index >= 15 is 0 Å². The van der Waals surface area contributed by atoms with Crippen LogP contribution in [0.4, 0.5) is 5.69 Å². The van der Waals surface area contributed by atoms with Crippen LogP contribution in [0.2, 0.25) is 5.02 Å². The lowest BCUT2D eigenvalue weighted by Crippen LogP contribution is -2.32. The lowest BCUT2D eigenvalue weighted by Gasteiger charge is -2.21. The van der Waals surface area contributed by atoms with Gasteiger partial charge in [-0.3, -0.25) is 9.69 Å². The molecule has 1 amide bonds. The summed E-state index contributed by atoms with van der Waals surface area (Å²) in [5.41, 5.74) is 0.381. The molecule has 1 aliphatic rings. The quantitative estimate of drug-likeness (QED) is 0.797. The van der Waals surface area contributed by atoms with Crippen LogP contribution in [0.25, 0.3) is 0 Å². The minimum atomic E-state index is -3.73. The van der Waals surface area contributed by atoms with E-state index in [2.05, 4.69) is 5.32 Å². The van der Waals surface area contributed by atoms with Gasteiger partial charge in [0.2, 0.25) is 10.0 Å². The first-order valence-corrected chi connectivity index (χ1v) is 9.40. The molecule has 0 aliphatic carbocycles. The molecule has 1 N–H and O–H groups in total. The largest absolute Gasteiger partial charge is 0.350 e. The lowest BCUT2D eigenvalue weighted by molar-refractivity contribution is -0.117. The summed E-state index contributed by atoms with van der Waals surface area (Å²) in [4.78, 5) is 13.4. The van der Waals surface area contributed by atoms with Gasteiger partial charge in [-0.15, -0.1) is 0 Å². The summed E-state index contributed by atoms with van der Waals surface area (Å²) in [7, 11) is -3.73. The maximum absolute atomic E-state index is 12.7. The standard InChI is InChI=1S/C14H18ClN3O3S2/c1-4-17(5-2)23(20,21)12-8-10(6-7-11(12)15)18-13(19)9(3)16-14(18)22/h6-9H,4-5H2,1-3H3,(H,16,22). The van der Waals surface area contributed by atoms with Crippen LogP contribution < -0.4 is 10.2 Å². The van der Waals surface area contributed by atoms with Crippen molar-refractivity contribution in [2.45, 2.75) is 31.7 Å². The average molecular weight is 376 g/mol. The molecule has 6 nitrogen and oxygen atoms in total. The highest BCUT2D eigenvalue weighted by atomic mass is 35.5. The number of thiocarbonyl (C=S) groups is 1. The molecule has 2 rings (SSSR count). The molecule has 1 aromatic rings. The predicted molar refractivity (Wildman–Crippen MR) is 94.2 cm³/mol. The molecule has 23 heavy (non-hydrogen) atoms. The van der Waals surface area contributed by atoms with Crippen LogP contribution in [-0.4, -0.2) is 42.9 Å². The van der Waals surface area contributed by atoms with Crippen molar-refractivity contribution in [1.82, 2.24) is 9.62 Å². The summed E-state index contributed by atoms with van der Waals surface area (Å²) in [5, 5.41) is 3.20. The minimum absolute atomic E-state index is 0.0319. The Morgan fingerprint density at radius 3 is 2.43 bits per heavy atom. The molecule has 0 aromatic heterocycles. The first-order chi connectivity index (χ1) is 10.7. The van der Waals surface area contributed by atoms with Gasteiger partial charge in [0.05, 0.1) is 10.7 Å². The number of sulfonamides is 1. The highest BCUT2D eigenvalue weighted by Gasteiger charge is 2.34. The maximum Gasteiger partial charge on any atom is 0.255 e. The first-order valence-electron chi connectivity index (χ1n) is 7.18. The Hall–Kier alpha value is -1.22. The van der Waals surface area contributed by atoms with Crippen LogP contribution in [0, 0.1) is 0 Å². The van der Waals surface area contributed by atoms with Crippen molar-refractivity contribution in [3.05, 3.63) is 23.2 Å². The highest BCUT2D eigenvalue weighted by molar-refractivity contribution is 7.89. The van der Waals surface area contributed by atoms with Gasteiger partial charge in [0.15, 0.2) is 5.11 Å². The van der Waals surface area contributed by atoms with Gasteiger partial charge in [0, 0.05) is 13.1 Å². The lowest BCUT2D eigenvalue weighted by atomic mass is 10.2. The van der Waals surface area contributed by atoms with Crippen LogP contribution in [0.1, 0.15) is 20.8 Å². The maximum atomic E-state index is 12.7. The topological polar surface area (TPSA) is 69.7 Å². The van der Waals surface area contributed by atoms with Crippen molar-refractivity contribution in [2.75, 3.05) is 18.0 Å². The number of nitrogens with one attached hydrogen (secondary N) is 1. The third-order valence-corrected chi connectivity index (χ3v) is 6.46. The Morgan fingerprint density at radius 1 is 1.35 bits per heavy atom. The van der Waals surface area contributed by atoms with Gasteiger partial charge in [0.25, 0.3) is 5.91 Å². The third kappa shape index (κ3) is 3.21. The van der Waals surface area contributed by atoms with Crippen LogP contribution in [0.5, 0.6) is 0 Å².